The van der Waals surface area contributed by atoms with Crippen LogP contribution in [0.25, 0.3) is 0 Å². The molecule has 1 aliphatic carbocycles. The molecule has 6 nitrogen and oxygen atoms in total. The number of carbonyl (C=O) groups is 1. The number of amides is 1. The van der Waals surface area contributed by atoms with E-state index >= 15 is 0 Å². The molecule has 7 heteroatoms. The number of aryl methyl sites for hydroxylation is 3. The van der Waals surface area contributed by atoms with Crippen LogP contribution in [0.5, 0.6) is 0 Å². The van der Waals surface area contributed by atoms with Crippen molar-refractivity contribution in [3.63, 3.8) is 0 Å². The molecule has 0 saturated carbocycles. The smallest absolute Gasteiger partial charge is 0.258 e. The van der Waals surface area contributed by atoms with Gasteiger partial charge in [0.25, 0.3) is 5.91 Å². The van der Waals surface area contributed by atoms with Crippen LogP contribution in [0, 0.1) is 13.8 Å². The molecule has 0 fully saturated rings. The molecule has 1 N–H and O–H groups in total. The number of hydrogen-bond acceptors (Lipinski definition) is 4. The van der Waals surface area contributed by atoms with Crippen LogP contribution in [-0.2, 0) is 16.4 Å². The molecule has 0 aliphatic heterocycles. The van der Waals surface area contributed by atoms with E-state index in [4.69, 9.17) is 0 Å². The Balaban J connectivity index is 1.74. The van der Waals surface area contributed by atoms with Gasteiger partial charge in [0.05, 0.1) is 11.4 Å². The van der Waals surface area contributed by atoms with Crippen LogP contribution in [0.3, 0.4) is 0 Å². The quantitative estimate of drug-likeness (QED) is 0.206. The van der Waals surface area contributed by atoms with Gasteiger partial charge in [-0.05, 0) is 106 Å². The third-order valence-corrected chi connectivity index (χ3v) is 8.82. The zero-order valence-corrected chi connectivity index (χ0v) is 25.3. The number of aliphatic imine (C=N–C) groups is 1. The summed E-state index contributed by atoms with van der Waals surface area (Å²) in [4.78, 5) is 20.4. The first-order chi connectivity index (χ1) is 19.6. The molecular weight excluding hydrogens is 530 g/mol. The minimum absolute atomic E-state index is 0.127. The third-order valence-electron chi connectivity index (χ3n) is 7.35. The predicted molar refractivity (Wildman–Crippen MR) is 168 cm³/mol. The fourth-order valence-electron chi connectivity index (χ4n) is 5.03. The Labute approximate surface area is 244 Å². The lowest BCUT2D eigenvalue weighted by Gasteiger charge is -2.25. The van der Waals surface area contributed by atoms with Crippen LogP contribution in [0.2, 0.25) is 0 Å². The molecule has 1 atom stereocenters. The van der Waals surface area contributed by atoms with Crippen molar-refractivity contribution in [3.8, 4) is 0 Å². The minimum Gasteiger partial charge on any atom is -0.304 e. The van der Waals surface area contributed by atoms with Gasteiger partial charge in [-0.25, -0.2) is 13.1 Å². The van der Waals surface area contributed by atoms with Crippen molar-refractivity contribution in [1.29, 1.82) is 0 Å². The highest BCUT2D eigenvalue weighted by atomic mass is 32.2. The highest BCUT2D eigenvalue weighted by Crippen LogP contribution is 2.36. The molecule has 0 radical (unpaired) electrons. The van der Waals surface area contributed by atoms with Gasteiger partial charge >= 0.3 is 0 Å². The molecule has 0 aromatic heterocycles. The first kappa shape index (κ1) is 30.2. The summed E-state index contributed by atoms with van der Waals surface area (Å²) in [5.74, 6) is -0.127. The van der Waals surface area contributed by atoms with Crippen LogP contribution in [0.1, 0.15) is 72.3 Å². The number of allylic oxidation sites excluding steroid dienone is 1. The number of benzene rings is 3. The zero-order chi connectivity index (χ0) is 29.6. The maximum Gasteiger partial charge on any atom is 0.258 e. The van der Waals surface area contributed by atoms with Crippen molar-refractivity contribution in [3.05, 3.63) is 118 Å². The van der Waals surface area contributed by atoms with E-state index < -0.39 is 10.0 Å². The maximum atomic E-state index is 14.0. The average Bonchev–Trinajstić information content (AvgIpc) is 3.35. The van der Waals surface area contributed by atoms with E-state index in [2.05, 4.69) is 29.6 Å². The summed E-state index contributed by atoms with van der Waals surface area (Å²) in [6.07, 6.45) is 7.90. The van der Waals surface area contributed by atoms with E-state index in [9.17, 15) is 13.2 Å². The van der Waals surface area contributed by atoms with Gasteiger partial charge in [0.2, 0.25) is 10.0 Å². The van der Waals surface area contributed by atoms with Crippen LogP contribution < -0.4 is 9.62 Å². The van der Waals surface area contributed by atoms with Gasteiger partial charge < -0.3 is 4.90 Å². The lowest BCUT2D eigenvalue weighted by atomic mass is 10.0. The van der Waals surface area contributed by atoms with E-state index in [0.717, 1.165) is 40.7 Å². The summed E-state index contributed by atoms with van der Waals surface area (Å²) < 4.78 is 29.5. The van der Waals surface area contributed by atoms with Gasteiger partial charge in [-0.1, -0.05) is 54.5 Å². The van der Waals surface area contributed by atoms with Crippen LogP contribution in [0.4, 0.5) is 5.69 Å². The van der Waals surface area contributed by atoms with Gasteiger partial charge in [-0.15, -0.1) is 0 Å². The fourth-order valence-corrected chi connectivity index (χ4v) is 6.38. The molecule has 1 amide bonds. The SMILES string of the molecule is CC=N/C=C(\C=C(/C)CC)CN(C(=O)c1cccc(C)c1)c1ccc2c(c1)C(NS(=O)(=O)c1cccc(C)c1)CC2. The molecule has 41 heavy (non-hydrogen) atoms. The Morgan fingerprint density at radius 1 is 1.05 bits per heavy atom. The van der Waals surface area contributed by atoms with Gasteiger partial charge in [0.1, 0.15) is 0 Å². The highest BCUT2D eigenvalue weighted by Gasteiger charge is 2.29. The van der Waals surface area contributed by atoms with Crippen molar-refractivity contribution >= 4 is 27.8 Å². The molecule has 0 bridgehead atoms. The van der Waals surface area contributed by atoms with Gasteiger partial charge in [-0.2, -0.15) is 0 Å². The van der Waals surface area contributed by atoms with E-state index in [-0.39, 0.29) is 16.8 Å². The number of carbonyl (C=O) groups excluding carboxylic acids is 1. The normalized spacial score (nSPS) is 15.8. The second kappa shape index (κ2) is 13.2. The second-order valence-electron chi connectivity index (χ2n) is 10.6. The maximum absolute atomic E-state index is 14.0. The number of sulfonamides is 1. The molecule has 3 aromatic carbocycles. The number of hydrogen-bond donors (Lipinski definition) is 1. The highest BCUT2D eigenvalue weighted by molar-refractivity contribution is 7.89. The Hall–Kier alpha value is -3.81. The third kappa shape index (κ3) is 7.48. The van der Waals surface area contributed by atoms with E-state index in [0.29, 0.717) is 24.2 Å². The first-order valence-electron chi connectivity index (χ1n) is 14.1. The summed E-state index contributed by atoms with van der Waals surface area (Å²) in [5, 5.41) is 0. The molecule has 0 heterocycles. The molecule has 1 aliphatic rings. The number of fused-ring (bicyclic) bond motifs is 1. The fraction of sp³-hybridized carbons (Fsp3) is 0.294. The number of nitrogens with zero attached hydrogens (tertiary/aromatic N) is 2. The minimum atomic E-state index is -3.72. The number of rotatable bonds is 10. The first-order valence-corrected chi connectivity index (χ1v) is 15.5. The molecule has 4 rings (SSSR count). The molecule has 3 aromatic rings. The lowest BCUT2D eigenvalue weighted by molar-refractivity contribution is 0.0989. The van der Waals surface area contributed by atoms with Crippen molar-refractivity contribution in [2.45, 2.75) is 64.8 Å². The Bertz CT molecular complexity index is 1620. The standard InChI is InChI=1S/C34H39N3O3S/c1-6-24(3)18-27(22-35-7-2)23-37(34(38)29-12-8-10-25(4)19-29)30-16-14-28-15-17-33(32(28)21-30)36-41(39,40)31-13-9-11-26(5)20-31/h7-14,16,18-22,33,36H,6,15,17,23H2,1-5H3/b24-18+,27-22+,35-7?. The van der Waals surface area contributed by atoms with Crippen molar-refractivity contribution in [2.24, 2.45) is 4.99 Å². The molecular formula is C34H39N3O3S. The van der Waals surface area contributed by atoms with Crippen LogP contribution in [-0.4, -0.2) is 27.1 Å². The molecule has 0 spiro atoms. The van der Waals surface area contributed by atoms with E-state index in [1.165, 1.54) is 5.57 Å². The summed E-state index contributed by atoms with van der Waals surface area (Å²) in [6, 6.07) is 20.1. The molecule has 1 unspecified atom stereocenters. The number of anilines is 1. The van der Waals surface area contributed by atoms with E-state index in [1.807, 2.05) is 69.3 Å². The summed E-state index contributed by atoms with van der Waals surface area (Å²) in [7, 11) is -3.72. The van der Waals surface area contributed by atoms with E-state index in [1.54, 1.807) is 35.5 Å². The van der Waals surface area contributed by atoms with Gasteiger partial charge in [0, 0.05) is 29.7 Å². The second-order valence-corrected chi connectivity index (χ2v) is 12.3. The molecule has 0 saturated heterocycles. The molecule has 214 valence electrons. The Kier molecular flexibility index (Phi) is 9.73. The Morgan fingerprint density at radius 2 is 1.78 bits per heavy atom. The van der Waals surface area contributed by atoms with Crippen LogP contribution in [0.15, 0.2) is 100 Å². The lowest BCUT2D eigenvalue weighted by Crippen LogP contribution is -2.33. The predicted octanol–water partition coefficient (Wildman–Crippen LogP) is 7.25. The summed E-state index contributed by atoms with van der Waals surface area (Å²) >= 11 is 0. The topological polar surface area (TPSA) is 78.8 Å². The summed E-state index contributed by atoms with van der Waals surface area (Å²) in [6.45, 7) is 10.2. The Morgan fingerprint density at radius 3 is 2.46 bits per heavy atom. The van der Waals surface area contributed by atoms with Gasteiger partial charge in [-0.3, -0.25) is 9.79 Å². The zero-order valence-electron chi connectivity index (χ0n) is 24.5. The van der Waals surface area contributed by atoms with Crippen LogP contribution >= 0.6 is 0 Å². The number of nitrogens with one attached hydrogen (secondary N) is 1. The largest absolute Gasteiger partial charge is 0.304 e. The summed E-state index contributed by atoms with van der Waals surface area (Å²) in [5.41, 5.74) is 7.27. The van der Waals surface area contributed by atoms with Crippen molar-refractivity contribution in [2.75, 3.05) is 11.4 Å². The van der Waals surface area contributed by atoms with Crippen molar-refractivity contribution < 1.29 is 13.2 Å². The monoisotopic (exact) mass is 569 g/mol. The van der Waals surface area contributed by atoms with Gasteiger partial charge in [0.15, 0.2) is 0 Å². The van der Waals surface area contributed by atoms with Crippen molar-refractivity contribution in [1.82, 2.24) is 4.72 Å². The average molecular weight is 570 g/mol.